The van der Waals surface area contributed by atoms with E-state index in [1.54, 1.807) is 24.8 Å². The summed E-state index contributed by atoms with van der Waals surface area (Å²) in [5, 5.41) is 9.94. The molecule has 4 heteroatoms. The van der Waals surface area contributed by atoms with E-state index in [4.69, 9.17) is 4.74 Å². The maximum atomic E-state index is 12.7. The average Bonchev–Trinajstić information content (AvgIpc) is 3.25. The van der Waals surface area contributed by atoms with Gasteiger partial charge >= 0.3 is 0 Å². The fraction of sp³-hybridized carbons (Fsp3) is 0.588. The van der Waals surface area contributed by atoms with Gasteiger partial charge in [-0.2, -0.15) is 0 Å². The van der Waals surface area contributed by atoms with E-state index in [1.165, 1.54) is 12.8 Å². The Kier molecular flexibility index (Phi) is 4.88. The standard InChI is InChI=1S/C17H25NO3/c1-4-18(12-17(2,3)20)16(19)14-7-5-6-8-15(14)21-11-13-9-10-13/h5-8,13,20H,4,9-12H2,1-3H3. The van der Waals surface area contributed by atoms with E-state index in [0.29, 0.717) is 36.9 Å². The molecule has 1 aromatic rings. The van der Waals surface area contributed by atoms with Gasteiger partial charge in [-0.1, -0.05) is 12.1 Å². The number of amides is 1. The summed E-state index contributed by atoms with van der Waals surface area (Å²) in [6.07, 6.45) is 2.44. The summed E-state index contributed by atoms with van der Waals surface area (Å²) in [5.74, 6) is 1.20. The second kappa shape index (κ2) is 6.48. The zero-order valence-electron chi connectivity index (χ0n) is 13.1. The third-order valence-corrected chi connectivity index (χ3v) is 3.54. The molecule has 0 atom stereocenters. The van der Waals surface area contributed by atoms with Gasteiger partial charge in [-0.3, -0.25) is 4.79 Å². The normalized spacial score (nSPS) is 14.9. The highest BCUT2D eigenvalue weighted by Crippen LogP contribution is 2.30. The Morgan fingerprint density at radius 3 is 2.62 bits per heavy atom. The van der Waals surface area contributed by atoms with Crippen LogP contribution in [-0.2, 0) is 0 Å². The lowest BCUT2D eigenvalue weighted by Gasteiger charge is -2.28. The predicted octanol–water partition coefficient (Wildman–Crippen LogP) is 2.71. The zero-order valence-corrected chi connectivity index (χ0v) is 13.1. The number of aliphatic hydroxyl groups is 1. The lowest BCUT2D eigenvalue weighted by molar-refractivity contribution is 0.0312. The summed E-state index contributed by atoms with van der Waals surface area (Å²) in [7, 11) is 0. The average molecular weight is 291 g/mol. The number of benzene rings is 1. The maximum Gasteiger partial charge on any atom is 0.257 e. The molecule has 0 bridgehead atoms. The molecule has 0 aromatic heterocycles. The van der Waals surface area contributed by atoms with Crippen LogP contribution in [0.1, 0.15) is 44.0 Å². The molecule has 1 saturated carbocycles. The van der Waals surface area contributed by atoms with Crippen LogP contribution in [-0.4, -0.2) is 41.2 Å². The molecule has 0 unspecified atom stereocenters. The smallest absolute Gasteiger partial charge is 0.257 e. The monoisotopic (exact) mass is 291 g/mol. The van der Waals surface area contributed by atoms with Gasteiger partial charge in [0.2, 0.25) is 0 Å². The van der Waals surface area contributed by atoms with Crippen molar-refractivity contribution >= 4 is 5.91 Å². The first kappa shape index (κ1) is 15.8. The van der Waals surface area contributed by atoms with Gasteiger partial charge in [0.1, 0.15) is 5.75 Å². The molecular weight excluding hydrogens is 266 g/mol. The van der Waals surface area contributed by atoms with Crippen LogP contribution in [0.25, 0.3) is 0 Å². The summed E-state index contributed by atoms with van der Waals surface area (Å²) in [5.41, 5.74) is -0.334. The Hall–Kier alpha value is -1.55. The molecule has 0 radical (unpaired) electrons. The van der Waals surface area contributed by atoms with E-state index >= 15 is 0 Å². The molecule has 0 saturated heterocycles. The molecular formula is C17H25NO3. The molecule has 4 nitrogen and oxygen atoms in total. The fourth-order valence-electron chi connectivity index (χ4n) is 2.23. The predicted molar refractivity (Wildman–Crippen MR) is 82.5 cm³/mol. The minimum absolute atomic E-state index is 0.0916. The summed E-state index contributed by atoms with van der Waals surface area (Å²) >= 11 is 0. The molecule has 2 rings (SSSR count). The Bertz CT molecular complexity index is 489. The molecule has 0 aliphatic heterocycles. The van der Waals surface area contributed by atoms with Crippen LogP contribution in [0.2, 0.25) is 0 Å². The van der Waals surface area contributed by atoms with E-state index in [-0.39, 0.29) is 5.91 Å². The van der Waals surface area contributed by atoms with Crippen molar-refractivity contribution in [3.05, 3.63) is 29.8 Å². The van der Waals surface area contributed by atoms with Crippen molar-refractivity contribution < 1.29 is 14.6 Å². The number of para-hydroxylation sites is 1. The lowest BCUT2D eigenvalue weighted by Crippen LogP contribution is -2.42. The number of hydrogen-bond donors (Lipinski definition) is 1. The summed E-state index contributed by atoms with van der Waals surface area (Å²) < 4.78 is 5.80. The van der Waals surface area contributed by atoms with E-state index in [0.717, 1.165) is 0 Å². The zero-order chi connectivity index (χ0) is 15.5. The second-order valence-corrected chi connectivity index (χ2v) is 6.38. The Balaban J connectivity index is 2.12. The number of hydrogen-bond acceptors (Lipinski definition) is 3. The molecule has 116 valence electrons. The highest BCUT2D eigenvalue weighted by molar-refractivity contribution is 5.97. The second-order valence-electron chi connectivity index (χ2n) is 6.38. The number of likely N-dealkylation sites (N-methyl/N-ethyl adjacent to an activating group) is 1. The summed E-state index contributed by atoms with van der Waals surface area (Å²) in [4.78, 5) is 14.3. The van der Waals surface area contributed by atoms with Gasteiger partial charge in [-0.25, -0.2) is 0 Å². The fourth-order valence-corrected chi connectivity index (χ4v) is 2.23. The third-order valence-electron chi connectivity index (χ3n) is 3.54. The van der Waals surface area contributed by atoms with Crippen LogP contribution in [0, 0.1) is 5.92 Å². The molecule has 0 heterocycles. The third kappa shape index (κ3) is 4.74. The summed E-state index contributed by atoms with van der Waals surface area (Å²) in [6.45, 7) is 6.87. The van der Waals surface area contributed by atoms with Crippen molar-refractivity contribution in [1.29, 1.82) is 0 Å². The van der Waals surface area contributed by atoms with E-state index in [1.807, 2.05) is 25.1 Å². The minimum atomic E-state index is -0.907. The first-order chi connectivity index (χ1) is 9.90. The van der Waals surface area contributed by atoms with Gasteiger partial charge in [0.25, 0.3) is 5.91 Å². The van der Waals surface area contributed by atoms with Crippen molar-refractivity contribution in [2.45, 2.75) is 39.2 Å². The Morgan fingerprint density at radius 1 is 1.38 bits per heavy atom. The van der Waals surface area contributed by atoms with Crippen LogP contribution in [0.15, 0.2) is 24.3 Å². The highest BCUT2D eigenvalue weighted by Gasteiger charge is 2.26. The van der Waals surface area contributed by atoms with E-state index in [9.17, 15) is 9.90 Å². The van der Waals surface area contributed by atoms with E-state index < -0.39 is 5.60 Å². The van der Waals surface area contributed by atoms with Gasteiger partial charge in [0.05, 0.1) is 17.8 Å². The van der Waals surface area contributed by atoms with Crippen LogP contribution in [0.3, 0.4) is 0 Å². The van der Waals surface area contributed by atoms with Gasteiger partial charge in [0.15, 0.2) is 0 Å². The number of ether oxygens (including phenoxy) is 1. The number of carbonyl (C=O) groups is 1. The Labute approximate surface area is 126 Å². The first-order valence-corrected chi connectivity index (χ1v) is 7.64. The van der Waals surface area contributed by atoms with Crippen molar-refractivity contribution in [3.63, 3.8) is 0 Å². The number of rotatable bonds is 7. The molecule has 1 aromatic carbocycles. The molecule has 1 fully saturated rings. The molecule has 1 amide bonds. The van der Waals surface area contributed by atoms with Crippen molar-refractivity contribution in [1.82, 2.24) is 4.90 Å². The van der Waals surface area contributed by atoms with Crippen LogP contribution in [0.5, 0.6) is 5.75 Å². The lowest BCUT2D eigenvalue weighted by atomic mass is 10.1. The van der Waals surface area contributed by atoms with Gasteiger partial charge < -0.3 is 14.7 Å². The Morgan fingerprint density at radius 2 is 2.05 bits per heavy atom. The topological polar surface area (TPSA) is 49.8 Å². The molecule has 1 aliphatic rings. The first-order valence-electron chi connectivity index (χ1n) is 7.64. The number of nitrogens with zero attached hydrogens (tertiary/aromatic N) is 1. The van der Waals surface area contributed by atoms with Gasteiger partial charge in [-0.15, -0.1) is 0 Å². The minimum Gasteiger partial charge on any atom is -0.492 e. The maximum absolute atomic E-state index is 12.7. The SMILES string of the molecule is CCN(CC(C)(C)O)C(=O)c1ccccc1OCC1CC1. The largest absolute Gasteiger partial charge is 0.492 e. The van der Waals surface area contributed by atoms with Crippen molar-refractivity contribution in [2.75, 3.05) is 19.7 Å². The van der Waals surface area contributed by atoms with Crippen molar-refractivity contribution in [2.24, 2.45) is 5.92 Å². The van der Waals surface area contributed by atoms with Crippen LogP contribution >= 0.6 is 0 Å². The quantitative estimate of drug-likeness (QED) is 0.840. The highest BCUT2D eigenvalue weighted by atomic mass is 16.5. The summed E-state index contributed by atoms with van der Waals surface area (Å²) in [6, 6.07) is 7.35. The van der Waals surface area contributed by atoms with Gasteiger partial charge in [0, 0.05) is 13.1 Å². The van der Waals surface area contributed by atoms with Crippen molar-refractivity contribution in [3.8, 4) is 5.75 Å². The van der Waals surface area contributed by atoms with E-state index in [2.05, 4.69) is 0 Å². The number of carbonyl (C=O) groups excluding carboxylic acids is 1. The van der Waals surface area contributed by atoms with Crippen LogP contribution in [0.4, 0.5) is 0 Å². The van der Waals surface area contributed by atoms with Crippen LogP contribution < -0.4 is 4.74 Å². The molecule has 21 heavy (non-hydrogen) atoms. The molecule has 1 aliphatic carbocycles. The van der Waals surface area contributed by atoms with Gasteiger partial charge in [-0.05, 0) is 51.7 Å². The molecule has 0 spiro atoms. The molecule has 1 N–H and O–H groups in total.